The summed E-state index contributed by atoms with van der Waals surface area (Å²) in [7, 11) is 0. The third-order valence-electron chi connectivity index (χ3n) is 5.59. The van der Waals surface area contributed by atoms with Crippen molar-refractivity contribution in [2.45, 2.75) is 32.2 Å². The van der Waals surface area contributed by atoms with E-state index in [0.717, 1.165) is 22.6 Å². The minimum atomic E-state index is -4.72. The van der Waals surface area contributed by atoms with E-state index in [1.54, 1.807) is 42.7 Å². The highest BCUT2D eigenvalue weighted by atomic mass is 35.5. The van der Waals surface area contributed by atoms with Gasteiger partial charge in [0.05, 0.1) is 16.4 Å². The number of hydrogen-bond acceptors (Lipinski definition) is 5. The Labute approximate surface area is 211 Å². The van der Waals surface area contributed by atoms with Gasteiger partial charge < -0.3 is 20.1 Å². The Morgan fingerprint density at radius 3 is 2.33 bits per heavy atom. The molecule has 6 nitrogen and oxygen atoms in total. The zero-order valence-corrected chi connectivity index (χ0v) is 20.3. The summed E-state index contributed by atoms with van der Waals surface area (Å²) in [6.07, 6.45) is -1.33. The molecule has 2 heterocycles. The van der Waals surface area contributed by atoms with E-state index in [1.807, 2.05) is 26.0 Å². The molecule has 0 saturated heterocycles. The first kappa shape index (κ1) is 25.5. The number of halogens is 4. The molecule has 0 fully saturated rings. The number of aromatic hydroxyl groups is 1. The Hall–Kier alpha value is -3.56. The fraction of sp³-hybridized carbons (Fsp3) is 0.231. The lowest BCUT2D eigenvalue weighted by Gasteiger charge is -2.23. The SMILES string of the molecule is CC(C)(CNCc1ccc(OC(F)(F)F)cc1)c1nc(-c2ccc(Cl)c(O)c2)c(-c2ccncc2)[nH]1. The normalized spacial score (nSPS) is 12.1. The molecule has 0 aliphatic heterocycles. The maximum Gasteiger partial charge on any atom is 0.573 e. The fourth-order valence-corrected chi connectivity index (χ4v) is 3.82. The first-order valence-electron chi connectivity index (χ1n) is 11.1. The molecule has 4 rings (SSSR count). The van der Waals surface area contributed by atoms with Crippen LogP contribution in [0.15, 0.2) is 67.0 Å². The van der Waals surface area contributed by atoms with Crippen molar-refractivity contribution in [2.75, 3.05) is 6.54 Å². The molecule has 0 atom stereocenters. The minimum Gasteiger partial charge on any atom is -0.506 e. The molecule has 36 heavy (non-hydrogen) atoms. The number of phenolic OH excluding ortho intramolecular Hbond substituents is 1. The van der Waals surface area contributed by atoms with Gasteiger partial charge in [-0.2, -0.15) is 0 Å². The van der Waals surface area contributed by atoms with Crippen LogP contribution in [0.3, 0.4) is 0 Å². The van der Waals surface area contributed by atoms with Gasteiger partial charge in [0, 0.05) is 42.0 Å². The summed E-state index contributed by atoms with van der Waals surface area (Å²) < 4.78 is 41.0. The quantitative estimate of drug-likeness (QED) is 0.250. The molecule has 188 valence electrons. The first-order valence-corrected chi connectivity index (χ1v) is 11.4. The summed E-state index contributed by atoms with van der Waals surface area (Å²) in [5.74, 6) is 0.429. The summed E-state index contributed by atoms with van der Waals surface area (Å²) in [6.45, 7) is 5.03. The molecule has 3 N–H and O–H groups in total. The van der Waals surface area contributed by atoms with Crippen molar-refractivity contribution in [1.82, 2.24) is 20.3 Å². The minimum absolute atomic E-state index is 0.0352. The molecule has 0 aliphatic carbocycles. The van der Waals surface area contributed by atoms with Gasteiger partial charge in [-0.15, -0.1) is 13.2 Å². The van der Waals surface area contributed by atoms with Gasteiger partial charge in [0.25, 0.3) is 0 Å². The average Bonchev–Trinajstić information content (AvgIpc) is 3.28. The average molecular weight is 517 g/mol. The van der Waals surface area contributed by atoms with Crippen LogP contribution < -0.4 is 10.1 Å². The summed E-state index contributed by atoms with van der Waals surface area (Å²) in [5, 5.41) is 13.7. The third-order valence-corrected chi connectivity index (χ3v) is 5.91. The number of nitrogens with one attached hydrogen (secondary N) is 2. The molecule has 2 aromatic heterocycles. The Bertz CT molecular complexity index is 1320. The first-order chi connectivity index (χ1) is 17.0. The van der Waals surface area contributed by atoms with Gasteiger partial charge in [-0.1, -0.05) is 43.6 Å². The van der Waals surface area contributed by atoms with Gasteiger partial charge in [-0.25, -0.2) is 4.98 Å². The lowest BCUT2D eigenvalue weighted by atomic mass is 9.92. The second kappa shape index (κ2) is 10.2. The number of alkyl halides is 3. The molecular formula is C26H24ClF3N4O2. The van der Waals surface area contributed by atoms with Crippen LogP contribution in [0.1, 0.15) is 25.2 Å². The number of rotatable bonds is 8. The van der Waals surface area contributed by atoms with Crippen LogP contribution in [0.5, 0.6) is 11.5 Å². The zero-order valence-electron chi connectivity index (χ0n) is 19.5. The molecule has 2 aromatic carbocycles. The Kier molecular flexibility index (Phi) is 7.23. The van der Waals surface area contributed by atoms with E-state index in [1.165, 1.54) is 12.1 Å². The van der Waals surface area contributed by atoms with Crippen LogP contribution in [0.4, 0.5) is 13.2 Å². The molecule has 10 heteroatoms. The molecule has 0 unspecified atom stereocenters. The molecule has 0 radical (unpaired) electrons. The number of H-pyrrole nitrogens is 1. The second-order valence-corrected chi connectivity index (χ2v) is 9.30. The number of imidazole rings is 1. The van der Waals surface area contributed by atoms with E-state index in [-0.39, 0.29) is 16.5 Å². The van der Waals surface area contributed by atoms with Gasteiger partial charge in [0.15, 0.2) is 0 Å². The fourth-order valence-electron chi connectivity index (χ4n) is 3.70. The third kappa shape index (κ3) is 6.16. The highest BCUT2D eigenvalue weighted by Gasteiger charge is 2.31. The van der Waals surface area contributed by atoms with Crippen molar-refractivity contribution < 1.29 is 23.0 Å². The lowest BCUT2D eigenvalue weighted by Crippen LogP contribution is -2.33. The highest BCUT2D eigenvalue weighted by molar-refractivity contribution is 6.32. The maximum absolute atomic E-state index is 12.4. The van der Waals surface area contributed by atoms with Crippen molar-refractivity contribution in [2.24, 2.45) is 0 Å². The molecule has 0 saturated carbocycles. The summed E-state index contributed by atoms with van der Waals surface area (Å²) in [4.78, 5) is 12.4. The summed E-state index contributed by atoms with van der Waals surface area (Å²) >= 11 is 6.00. The summed E-state index contributed by atoms with van der Waals surface area (Å²) in [6, 6.07) is 14.5. The van der Waals surface area contributed by atoms with Crippen LogP contribution in [0.25, 0.3) is 22.5 Å². The van der Waals surface area contributed by atoms with Crippen LogP contribution in [0.2, 0.25) is 5.02 Å². The molecule has 0 amide bonds. The van der Waals surface area contributed by atoms with Crippen LogP contribution >= 0.6 is 11.6 Å². The highest BCUT2D eigenvalue weighted by Crippen LogP contribution is 2.36. The van der Waals surface area contributed by atoms with Crippen molar-refractivity contribution in [3.05, 3.63) is 83.4 Å². The lowest BCUT2D eigenvalue weighted by molar-refractivity contribution is -0.274. The molecule has 0 spiro atoms. The number of aromatic nitrogens is 3. The number of nitrogens with zero attached hydrogens (tertiary/aromatic N) is 2. The molecule has 4 aromatic rings. The molecule has 0 aliphatic rings. The van der Waals surface area contributed by atoms with Crippen LogP contribution in [0, 0.1) is 0 Å². The van der Waals surface area contributed by atoms with Gasteiger partial charge >= 0.3 is 6.36 Å². The smallest absolute Gasteiger partial charge is 0.506 e. The van der Waals surface area contributed by atoms with E-state index in [9.17, 15) is 18.3 Å². The number of ether oxygens (including phenoxy) is 1. The predicted octanol–water partition coefficient (Wildman–Crippen LogP) is 6.46. The number of phenols is 1. The van der Waals surface area contributed by atoms with E-state index in [4.69, 9.17) is 16.6 Å². The van der Waals surface area contributed by atoms with Gasteiger partial charge in [-0.05, 0) is 42.0 Å². The largest absolute Gasteiger partial charge is 0.573 e. The number of benzene rings is 2. The second-order valence-electron chi connectivity index (χ2n) is 8.89. The van der Waals surface area contributed by atoms with Gasteiger partial charge in [0.1, 0.15) is 17.3 Å². The maximum atomic E-state index is 12.4. The van der Waals surface area contributed by atoms with Crippen molar-refractivity contribution >= 4 is 11.6 Å². The van der Waals surface area contributed by atoms with E-state index < -0.39 is 11.8 Å². The Morgan fingerprint density at radius 1 is 1.00 bits per heavy atom. The van der Waals surface area contributed by atoms with Crippen molar-refractivity contribution in [3.63, 3.8) is 0 Å². The topological polar surface area (TPSA) is 83.1 Å². The van der Waals surface area contributed by atoms with Crippen molar-refractivity contribution in [1.29, 1.82) is 0 Å². The van der Waals surface area contributed by atoms with Crippen LogP contribution in [-0.4, -0.2) is 33.0 Å². The Morgan fingerprint density at radius 2 is 1.69 bits per heavy atom. The van der Waals surface area contributed by atoms with Gasteiger partial charge in [0.2, 0.25) is 0 Å². The number of pyridine rings is 1. The van der Waals surface area contributed by atoms with E-state index >= 15 is 0 Å². The van der Waals surface area contributed by atoms with Crippen LogP contribution in [-0.2, 0) is 12.0 Å². The molecule has 0 bridgehead atoms. The zero-order chi connectivity index (χ0) is 25.9. The monoisotopic (exact) mass is 516 g/mol. The number of hydrogen-bond donors (Lipinski definition) is 3. The standard InChI is InChI=1S/C26H24ClF3N4O2/c1-25(2,15-32-14-16-3-6-19(7-4-16)36-26(28,29)30)24-33-22(17-9-11-31-12-10-17)23(34-24)18-5-8-20(27)21(35)13-18/h3-13,32,35H,14-15H2,1-2H3,(H,33,34). The molecular weight excluding hydrogens is 493 g/mol. The van der Waals surface area contributed by atoms with E-state index in [0.29, 0.717) is 24.3 Å². The van der Waals surface area contributed by atoms with Crippen molar-refractivity contribution in [3.8, 4) is 34.0 Å². The Balaban J connectivity index is 1.53. The predicted molar refractivity (Wildman–Crippen MR) is 132 cm³/mol. The summed E-state index contributed by atoms with van der Waals surface area (Å²) in [5.41, 5.74) is 3.41. The van der Waals surface area contributed by atoms with Gasteiger partial charge in [-0.3, -0.25) is 4.98 Å². The van der Waals surface area contributed by atoms with E-state index in [2.05, 4.69) is 20.0 Å². The number of aromatic amines is 1.